The van der Waals surface area contributed by atoms with Crippen LogP contribution in [0.5, 0.6) is 0 Å². The molecule has 0 radical (unpaired) electrons. The van der Waals surface area contributed by atoms with E-state index >= 15 is 0 Å². The molecule has 1 N–H and O–H groups in total. The molecule has 0 unspecified atom stereocenters. The number of nitrogens with one attached hydrogen (secondary N) is 1. The van der Waals surface area contributed by atoms with Crippen LogP contribution in [-0.2, 0) is 0 Å². The number of aromatic nitrogens is 1. The minimum absolute atomic E-state index is 0.0569. The van der Waals surface area contributed by atoms with E-state index in [2.05, 4.69) is 25.8 Å². The SMILES string of the molecule is CC(C)(C)Sc1c(-c2ccccc2)c2cc(Cl)ccc2[nH]c1=O. The van der Waals surface area contributed by atoms with Gasteiger partial charge in [0.05, 0.1) is 4.90 Å². The Labute approximate surface area is 144 Å². The van der Waals surface area contributed by atoms with E-state index in [1.54, 1.807) is 17.8 Å². The topological polar surface area (TPSA) is 32.9 Å². The molecular weight excluding hydrogens is 326 g/mol. The maximum absolute atomic E-state index is 12.7. The van der Waals surface area contributed by atoms with Crippen molar-refractivity contribution in [1.29, 1.82) is 0 Å². The minimum atomic E-state index is -0.0667. The predicted molar refractivity (Wildman–Crippen MR) is 101 cm³/mol. The van der Waals surface area contributed by atoms with Gasteiger partial charge in [0, 0.05) is 26.2 Å². The fraction of sp³-hybridized carbons (Fsp3) is 0.211. The highest BCUT2D eigenvalue weighted by Crippen LogP contribution is 2.40. The van der Waals surface area contributed by atoms with Crippen LogP contribution < -0.4 is 5.56 Å². The molecule has 118 valence electrons. The van der Waals surface area contributed by atoms with Gasteiger partial charge in [-0.2, -0.15) is 0 Å². The molecule has 0 fully saturated rings. The summed E-state index contributed by atoms with van der Waals surface area (Å²) >= 11 is 7.79. The van der Waals surface area contributed by atoms with E-state index < -0.39 is 0 Å². The highest BCUT2D eigenvalue weighted by molar-refractivity contribution is 8.00. The number of H-pyrrole nitrogens is 1. The van der Waals surface area contributed by atoms with Gasteiger partial charge in [-0.1, -0.05) is 62.7 Å². The van der Waals surface area contributed by atoms with Crippen LogP contribution in [0, 0.1) is 0 Å². The number of aromatic amines is 1. The standard InChI is InChI=1S/C19H18ClNOS/c1-19(2,3)23-17-16(12-7-5-4-6-8-12)14-11-13(20)9-10-15(14)21-18(17)22/h4-11H,1-3H3,(H,21,22). The first-order chi connectivity index (χ1) is 10.8. The lowest BCUT2D eigenvalue weighted by Gasteiger charge is -2.20. The van der Waals surface area contributed by atoms with Crippen molar-refractivity contribution in [2.24, 2.45) is 0 Å². The van der Waals surface area contributed by atoms with Gasteiger partial charge in [-0.25, -0.2) is 0 Å². The molecule has 0 spiro atoms. The maximum atomic E-state index is 12.7. The molecule has 4 heteroatoms. The molecule has 0 aliphatic rings. The largest absolute Gasteiger partial charge is 0.321 e. The van der Waals surface area contributed by atoms with Crippen LogP contribution in [0.4, 0.5) is 0 Å². The second-order valence-electron chi connectivity index (χ2n) is 6.43. The number of hydrogen-bond acceptors (Lipinski definition) is 2. The number of fused-ring (bicyclic) bond motifs is 1. The molecule has 0 amide bonds. The zero-order chi connectivity index (χ0) is 16.6. The minimum Gasteiger partial charge on any atom is -0.321 e. The molecule has 2 aromatic carbocycles. The lowest BCUT2D eigenvalue weighted by Crippen LogP contribution is -2.16. The molecule has 3 aromatic rings. The van der Waals surface area contributed by atoms with Crippen molar-refractivity contribution in [1.82, 2.24) is 4.98 Å². The van der Waals surface area contributed by atoms with Crippen LogP contribution >= 0.6 is 23.4 Å². The van der Waals surface area contributed by atoms with E-state index in [4.69, 9.17) is 11.6 Å². The molecule has 0 bridgehead atoms. The molecule has 0 aliphatic carbocycles. The van der Waals surface area contributed by atoms with Gasteiger partial charge in [-0.3, -0.25) is 4.79 Å². The van der Waals surface area contributed by atoms with E-state index in [1.165, 1.54) is 0 Å². The monoisotopic (exact) mass is 343 g/mol. The Hall–Kier alpha value is -1.71. The van der Waals surface area contributed by atoms with Crippen LogP contribution in [0.3, 0.4) is 0 Å². The third-order valence-corrected chi connectivity index (χ3v) is 4.84. The Morgan fingerprint density at radius 3 is 2.39 bits per heavy atom. The highest BCUT2D eigenvalue weighted by atomic mass is 35.5. The fourth-order valence-electron chi connectivity index (χ4n) is 2.54. The molecule has 0 saturated heterocycles. The normalized spacial score (nSPS) is 11.8. The van der Waals surface area contributed by atoms with Gasteiger partial charge in [0.1, 0.15) is 0 Å². The number of halogens is 1. The maximum Gasteiger partial charge on any atom is 0.262 e. The van der Waals surface area contributed by atoms with Crippen LogP contribution in [0.2, 0.25) is 5.02 Å². The number of pyridine rings is 1. The zero-order valence-electron chi connectivity index (χ0n) is 13.3. The first kappa shape index (κ1) is 16.2. The summed E-state index contributed by atoms with van der Waals surface area (Å²) < 4.78 is -0.0667. The molecule has 2 nitrogen and oxygen atoms in total. The number of hydrogen-bond donors (Lipinski definition) is 1. The van der Waals surface area contributed by atoms with Crippen molar-refractivity contribution < 1.29 is 0 Å². The number of benzene rings is 2. The van der Waals surface area contributed by atoms with Crippen LogP contribution in [0.25, 0.3) is 22.0 Å². The molecule has 1 heterocycles. The molecule has 3 rings (SSSR count). The summed E-state index contributed by atoms with van der Waals surface area (Å²) in [5, 5.41) is 1.63. The summed E-state index contributed by atoms with van der Waals surface area (Å²) in [6, 6.07) is 15.6. The van der Waals surface area contributed by atoms with E-state index in [-0.39, 0.29) is 10.3 Å². The first-order valence-electron chi connectivity index (χ1n) is 7.45. The van der Waals surface area contributed by atoms with E-state index in [1.807, 2.05) is 42.5 Å². The average molecular weight is 344 g/mol. The second kappa shape index (κ2) is 6.06. The van der Waals surface area contributed by atoms with Crippen LogP contribution in [0.15, 0.2) is 58.2 Å². The number of rotatable bonds is 2. The molecule has 0 aliphatic heterocycles. The Bertz CT molecular complexity index is 910. The quantitative estimate of drug-likeness (QED) is 0.602. The van der Waals surface area contributed by atoms with Gasteiger partial charge in [0.15, 0.2) is 0 Å². The summed E-state index contributed by atoms with van der Waals surface area (Å²) in [5.41, 5.74) is 2.72. The summed E-state index contributed by atoms with van der Waals surface area (Å²) in [5.74, 6) is 0. The first-order valence-corrected chi connectivity index (χ1v) is 8.64. The van der Waals surface area contributed by atoms with Crippen LogP contribution in [-0.4, -0.2) is 9.73 Å². The zero-order valence-corrected chi connectivity index (χ0v) is 14.9. The molecule has 0 saturated carbocycles. The van der Waals surface area contributed by atoms with Gasteiger partial charge in [-0.15, -0.1) is 11.8 Å². The lowest BCUT2D eigenvalue weighted by molar-refractivity contribution is 0.802. The molecular formula is C19H18ClNOS. The van der Waals surface area contributed by atoms with Crippen molar-refractivity contribution in [3.63, 3.8) is 0 Å². The van der Waals surface area contributed by atoms with Crippen molar-refractivity contribution in [2.75, 3.05) is 0 Å². The Morgan fingerprint density at radius 2 is 1.74 bits per heavy atom. The lowest BCUT2D eigenvalue weighted by atomic mass is 10.0. The number of thioether (sulfide) groups is 1. The van der Waals surface area contributed by atoms with Gasteiger partial charge in [0.2, 0.25) is 0 Å². The Morgan fingerprint density at radius 1 is 1.04 bits per heavy atom. The Balaban J connectivity index is 2.41. The van der Waals surface area contributed by atoms with E-state index in [9.17, 15) is 4.79 Å². The summed E-state index contributed by atoms with van der Waals surface area (Å²) in [4.78, 5) is 16.4. The van der Waals surface area contributed by atoms with Gasteiger partial charge < -0.3 is 4.98 Å². The smallest absolute Gasteiger partial charge is 0.262 e. The van der Waals surface area contributed by atoms with Crippen molar-refractivity contribution in [3.05, 3.63) is 63.9 Å². The second-order valence-corrected chi connectivity index (χ2v) is 8.70. The molecule has 23 heavy (non-hydrogen) atoms. The van der Waals surface area contributed by atoms with Gasteiger partial charge >= 0.3 is 0 Å². The van der Waals surface area contributed by atoms with Crippen molar-refractivity contribution >= 4 is 34.3 Å². The van der Waals surface area contributed by atoms with Crippen molar-refractivity contribution in [2.45, 2.75) is 30.4 Å². The van der Waals surface area contributed by atoms with E-state index in [0.717, 1.165) is 26.9 Å². The Kier molecular flexibility index (Phi) is 4.26. The summed E-state index contributed by atoms with van der Waals surface area (Å²) in [7, 11) is 0. The predicted octanol–water partition coefficient (Wildman–Crippen LogP) is 5.74. The molecule has 1 aromatic heterocycles. The summed E-state index contributed by atoms with van der Waals surface area (Å²) in [6.07, 6.45) is 0. The average Bonchev–Trinajstić information content (AvgIpc) is 2.48. The van der Waals surface area contributed by atoms with E-state index in [0.29, 0.717) is 5.02 Å². The van der Waals surface area contributed by atoms with Crippen molar-refractivity contribution in [3.8, 4) is 11.1 Å². The van der Waals surface area contributed by atoms with Crippen LogP contribution in [0.1, 0.15) is 20.8 Å². The summed E-state index contributed by atoms with van der Waals surface area (Å²) in [6.45, 7) is 6.32. The van der Waals surface area contributed by atoms with Gasteiger partial charge in [-0.05, 0) is 23.8 Å². The molecule has 0 atom stereocenters. The third kappa shape index (κ3) is 3.46. The van der Waals surface area contributed by atoms with Gasteiger partial charge in [0.25, 0.3) is 5.56 Å². The highest BCUT2D eigenvalue weighted by Gasteiger charge is 2.21. The third-order valence-electron chi connectivity index (χ3n) is 3.40. The fourth-order valence-corrected chi connectivity index (χ4v) is 3.80.